The third kappa shape index (κ3) is 3.76. The number of nitrogens with zero attached hydrogens (tertiary/aromatic N) is 2. The molecule has 0 bridgehead atoms. The summed E-state index contributed by atoms with van der Waals surface area (Å²) >= 11 is 0. The lowest BCUT2D eigenvalue weighted by Crippen LogP contribution is -2.54. The van der Waals surface area contributed by atoms with E-state index in [0.29, 0.717) is 23.4 Å². The lowest BCUT2D eigenvalue weighted by atomic mass is 9.99. The Balaban J connectivity index is 1.40. The summed E-state index contributed by atoms with van der Waals surface area (Å²) in [6, 6.07) is 12.1. The Kier molecular flexibility index (Phi) is 4.98. The van der Waals surface area contributed by atoms with Crippen LogP contribution < -0.4 is 20.7 Å². The van der Waals surface area contributed by atoms with E-state index < -0.39 is 17.5 Å². The van der Waals surface area contributed by atoms with Crippen molar-refractivity contribution >= 4 is 23.7 Å². The summed E-state index contributed by atoms with van der Waals surface area (Å²) in [5.74, 6) is 6.50. The fourth-order valence-electron chi connectivity index (χ4n) is 4.09. The molecule has 9 nitrogen and oxygen atoms in total. The van der Waals surface area contributed by atoms with Crippen LogP contribution in [-0.2, 0) is 11.3 Å². The molecule has 1 fully saturated rings. The molecule has 4 amide bonds. The smallest absolute Gasteiger partial charge is 0.323 e. The zero-order valence-corrected chi connectivity index (χ0v) is 17.9. The zero-order chi connectivity index (χ0) is 23.0. The zero-order valence-electron chi connectivity index (χ0n) is 17.9. The molecule has 0 saturated carbocycles. The summed E-state index contributed by atoms with van der Waals surface area (Å²) in [5, 5.41) is 8.08. The third-order valence-corrected chi connectivity index (χ3v) is 5.82. The van der Waals surface area contributed by atoms with E-state index in [9.17, 15) is 14.4 Å². The Morgan fingerprint density at radius 3 is 2.64 bits per heavy atom. The molecule has 5 rings (SSSR count). The molecule has 9 heteroatoms. The number of nitrogens with one attached hydrogen (secondary N) is 3. The maximum absolute atomic E-state index is 13.0. The van der Waals surface area contributed by atoms with Gasteiger partial charge in [-0.1, -0.05) is 30.0 Å². The first-order chi connectivity index (χ1) is 16.0. The lowest BCUT2D eigenvalue weighted by Gasteiger charge is -2.26. The molecule has 0 unspecified atom stereocenters. The van der Waals surface area contributed by atoms with Gasteiger partial charge in [0, 0.05) is 29.8 Å². The number of carbonyl (C=O) groups excluding carboxylic acids is 3. The van der Waals surface area contributed by atoms with Crippen LogP contribution in [0.1, 0.15) is 27.0 Å². The summed E-state index contributed by atoms with van der Waals surface area (Å²) in [5.41, 5.74) is 1.42. The Hall–Kier alpha value is -4.32. The Bertz CT molecular complexity index is 1260. The van der Waals surface area contributed by atoms with E-state index in [1.807, 2.05) is 30.3 Å². The van der Waals surface area contributed by atoms with Crippen LogP contribution in [0.5, 0.6) is 5.75 Å². The van der Waals surface area contributed by atoms with Crippen molar-refractivity contribution in [2.24, 2.45) is 4.99 Å². The number of fused-ring (bicyclic) bond motifs is 1. The summed E-state index contributed by atoms with van der Waals surface area (Å²) in [4.78, 5) is 43.6. The molecule has 2 aromatic carbocycles. The van der Waals surface area contributed by atoms with Gasteiger partial charge in [-0.2, -0.15) is 0 Å². The number of aliphatic imine (C=N–C) groups is 1. The van der Waals surface area contributed by atoms with E-state index in [0.717, 1.165) is 30.1 Å². The molecule has 3 aliphatic heterocycles. The second-order valence-corrected chi connectivity index (χ2v) is 7.98. The van der Waals surface area contributed by atoms with E-state index in [-0.39, 0.29) is 12.5 Å². The van der Waals surface area contributed by atoms with E-state index in [2.05, 4.69) is 32.8 Å². The number of amides is 4. The minimum absolute atomic E-state index is 0.0772. The maximum Gasteiger partial charge on any atom is 0.323 e. The first-order valence-electron chi connectivity index (χ1n) is 10.5. The maximum atomic E-state index is 13.0. The topological polar surface area (TPSA) is 112 Å². The van der Waals surface area contributed by atoms with Crippen molar-refractivity contribution in [2.45, 2.75) is 12.1 Å². The molecule has 1 atom stereocenters. The average Bonchev–Trinajstić information content (AvgIpc) is 3.52. The van der Waals surface area contributed by atoms with Gasteiger partial charge in [0.1, 0.15) is 11.6 Å². The quantitative estimate of drug-likeness (QED) is 0.474. The van der Waals surface area contributed by atoms with Crippen molar-refractivity contribution in [2.75, 3.05) is 26.7 Å². The Morgan fingerprint density at radius 2 is 1.97 bits per heavy atom. The van der Waals surface area contributed by atoms with Gasteiger partial charge < -0.3 is 20.3 Å². The molecule has 0 radical (unpaired) electrons. The van der Waals surface area contributed by atoms with Crippen molar-refractivity contribution in [3.63, 3.8) is 0 Å². The number of hydrogen-bond acceptors (Lipinski definition) is 6. The van der Waals surface area contributed by atoms with Crippen molar-refractivity contribution in [1.29, 1.82) is 0 Å². The second-order valence-electron chi connectivity index (χ2n) is 7.98. The molecule has 2 aromatic rings. The average molecular weight is 443 g/mol. The SMILES string of the molecule is COc1ccc2c(c1)C(=O)N(C[C@@]1(C#Cc3ccc(C4=NCCN4)cc3)NC(=O)NC1=O)C2. The highest BCUT2D eigenvalue weighted by atomic mass is 16.5. The van der Waals surface area contributed by atoms with Crippen LogP contribution in [0.4, 0.5) is 4.79 Å². The fourth-order valence-corrected chi connectivity index (χ4v) is 4.09. The van der Waals surface area contributed by atoms with Crippen molar-refractivity contribution in [3.05, 3.63) is 64.7 Å². The first kappa shape index (κ1) is 20.6. The molecule has 0 aromatic heterocycles. The van der Waals surface area contributed by atoms with E-state index in [1.165, 1.54) is 12.0 Å². The standard InChI is InChI=1S/C24H21N5O4/c1-33-18-7-6-17-13-29(21(30)19(17)12-18)14-24(22(31)27-23(32)28-24)9-8-15-2-4-16(5-3-15)20-25-10-11-26-20/h2-7,12H,10-11,13-14H2,1H3,(H,25,26)(H2,27,28,31,32)/t24-/m1/s1. The van der Waals surface area contributed by atoms with Gasteiger partial charge in [-0.15, -0.1) is 0 Å². The second kappa shape index (κ2) is 7.98. The molecular weight excluding hydrogens is 422 g/mol. The van der Waals surface area contributed by atoms with Crippen LogP contribution >= 0.6 is 0 Å². The largest absolute Gasteiger partial charge is 0.497 e. The van der Waals surface area contributed by atoms with Gasteiger partial charge in [0.2, 0.25) is 5.54 Å². The van der Waals surface area contributed by atoms with Gasteiger partial charge in [0.15, 0.2) is 0 Å². The number of urea groups is 1. The van der Waals surface area contributed by atoms with Gasteiger partial charge in [-0.05, 0) is 29.8 Å². The number of imide groups is 1. The minimum atomic E-state index is -1.55. The normalized spacial score (nSPS) is 20.9. The number of benzene rings is 2. The fraction of sp³-hybridized carbons (Fsp3) is 0.250. The minimum Gasteiger partial charge on any atom is -0.497 e. The van der Waals surface area contributed by atoms with Crippen molar-refractivity contribution < 1.29 is 19.1 Å². The monoisotopic (exact) mass is 443 g/mol. The number of methoxy groups -OCH3 is 1. The summed E-state index contributed by atoms with van der Waals surface area (Å²) in [7, 11) is 1.53. The third-order valence-electron chi connectivity index (χ3n) is 5.82. The predicted molar refractivity (Wildman–Crippen MR) is 120 cm³/mol. The van der Waals surface area contributed by atoms with Crippen LogP contribution in [0.25, 0.3) is 0 Å². The summed E-state index contributed by atoms with van der Waals surface area (Å²) in [6.45, 7) is 1.81. The van der Waals surface area contributed by atoms with Crippen molar-refractivity contribution in [3.8, 4) is 17.6 Å². The van der Waals surface area contributed by atoms with E-state index >= 15 is 0 Å². The van der Waals surface area contributed by atoms with Gasteiger partial charge in [-0.25, -0.2) is 4.79 Å². The predicted octanol–water partition coefficient (Wildman–Crippen LogP) is 0.631. The van der Waals surface area contributed by atoms with Gasteiger partial charge in [-0.3, -0.25) is 19.9 Å². The number of ether oxygens (including phenoxy) is 1. The van der Waals surface area contributed by atoms with Gasteiger partial charge in [0.05, 0.1) is 20.2 Å². The van der Waals surface area contributed by atoms with Crippen LogP contribution in [0.3, 0.4) is 0 Å². The van der Waals surface area contributed by atoms with Gasteiger partial charge in [0.25, 0.3) is 11.8 Å². The molecule has 166 valence electrons. The molecule has 0 spiro atoms. The molecule has 3 aliphatic rings. The Labute approximate surface area is 190 Å². The van der Waals surface area contributed by atoms with Crippen LogP contribution in [0.15, 0.2) is 47.5 Å². The summed E-state index contributed by atoms with van der Waals surface area (Å²) in [6.07, 6.45) is 0. The first-order valence-corrected chi connectivity index (χ1v) is 10.5. The highest BCUT2D eigenvalue weighted by molar-refractivity contribution is 6.10. The van der Waals surface area contributed by atoms with E-state index in [4.69, 9.17) is 4.74 Å². The number of amidine groups is 1. The molecule has 0 aliphatic carbocycles. The molecular formula is C24H21N5O4. The molecule has 1 saturated heterocycles. The number of rotatable bonds is 4. The van der Waals surface area contributed by atoms with Crippen LogP contribution in [0.2, 0.25) is 0 Å². The van der Waals surface area contributed by atoms with Crippen LogP contribution in [0, 0.1) is 11.8 Å². The highest BCUT2D eigenvalue weighted by Gasteiger charge is 2.48. The Morgan fingerprint density at radius 1 is 1.15 bits per heavy atom. The number of carbonyl (C=O) groups is 3. The summed E-state index contributed by atoms with van der Waals surface area (Å²) < 4.78 is 5.21. The molecule has 3 heterocycles. The van der Waals surface area contributed by atoms with Crippen molar-refractivity contribution in [1.82, 2.24) is 20.9 Å². The molecule has 33 heavy (non-hydrogen) atoms. The van der Waals surface area contributed by atoms with E-state index in [1.54, 1.807) is 12.1 Å². The number of hydrogen-bond donors (Lipinski definition) is 3. The molecule has 3 N–H and O–H groups in total. The van der Waals surface area contributed by atoms with Crippen LogP contribution in [-0.4, -0.2) is 60.9 Å². The van der Waals surface area contributed by atoms with Gasteiger partial charge >= 0.3 is 6.03 Å². The highest BCUT2D eigenvalue weighted by Crippen LogP contribution is 2.28. The lowest BCUT2D eigenvalue weighted by molar-refractivity contribution is -0.122.